The summed E-state index contributed by atoms with van der Waals surface area (Å²) in [6.07, 6.45) is 1.53. The number of rotatable bonds is 5. The van der Waals surface area contributed by atoms with Crippen molar-refractivity contribution in [3.05, 3.63) is 48.2 Å². The fourth-order valence-electron chi connectivity index (χ4n) is 2.75. The number of para-hydroxylation sites is 1. The largest absolute Gasteiger partial charge is 0.507 e. The molecule has 0 spiro atoms. The van der Waals surface area contributed by atoms with Crippen LogP contribution < -0.4 is 10.2 Å². The van der Waals surface area contributed by atoms with Crippen molar-refractivity contribution < 1.29 is 19.8 Å². The standard InChI is InChI=1S/C19H18N4O4/c1-23(2)14-6-4-3-5-11(14)13-9-20-18-12(22-13)7-8-15(24)17(18)19(27)21-10-16(25)26/h3-9,24H,10H2,1-2H3,(H,21,27)(H,25,26). The van der Waals surface area contributed by atoms with Crippen molar-refractivity contribution in [3.63, 3.8) is 0 Å². The summed E-state index contributed by atoms with van der Waals surface area (Å²) in [5.41, 5.74) is 2.97. The molecule has 0 aliphatic heterocycles. The second-order valence-corrected chi connectivity index (χ2v) is 6.07. The summed E-state index contributed by atoms with van der Waals surface area (Å²) in [7, 11) is 3.85. The Morgan fingerprint density at radius 3 is 2.59 bits per heavy atom. The molecular formula is C19H18N4O4. The van der Waals surface area contributed by atoms with Crippen molar-refractivity contribution in [1.82, 2.24) is 15.3 Å². The number of nitrogens with one attached hydrogen (secondary N) is 1. The molecule has 1 aromatic heterocycles. The number of aromatic hydroxyl groups is 1. The molecule has 0 aliphatic carbocycles. The highest BCUT2D eigenvalue weighted by Gasteiger charge is 2.19. The number of carboxylic acid groups (broad SMARTS) is 1. The molecule has 0 aliphatic rings. The van der Waals surface area contributed by atoms with E-state index in [-0.39, 0.29) is 16.8 Å². The molecule has 8 heteroatoms. The third kappa shape index (κ3) is 3.64. The van der Waals surface area contributed by atoms with Crippen molar-refractivity contribution in [2.75, 3.05) is 25.5 Å². The van der Waals surface area contributed by atoms with Crippen LogP contribution in [0.5, 0.6) is 5.75 Å². The molecule has 3 aromatic rings. The minimum absolute atomic E-state index is 0.103. The number of carbonyl (C=O) groups excluding carboxylic acids is 1. The normalized spacial score (nSPS) is 10.6. The summed E-state index contributed by atoms with van der Waals surface area (Å²) in [5.74, 6) is -2.20. The van der Waals surface area contributed by atoms with Gasteiger partial charge in [0, 0.05) is 25.3 Å². The molecule has 0 fully saturated rings. The highest BCUT2D eigenvalue weighted by molar-refractivity contribution is 6.08. The molecule has 3 rings (SSSR count). The number of aliphatic carboxylic acids is 1. The topological polar surface area (TPSA) is 116 Å². The van der Waals surface area contributed by atoms with Crippen LogP contribution in [-0.4, -0.2) is 52.7 Å². The summed E-state index contributed by atoms with van der Waals surface area (Å²) in [4.78, 5) is 33.8. The Morgan fingerprint density at radius 1 is 1.15 bits per heavy atom. The van der Waals surface area contributed by atoms with Gasteiger partial charge in [0.1, 0.15) is 23.4 Å². The van der Waals surface area contributed by atoms with Crippen molar-refractivity contribution >= 4 is 28.6 Å². The maximum atomic E-state index is 12.3. The van der Waals surface area contributed by atoms with Crippen molar-refractivity contribution in [2.45, 2.75) is 0 Å². The van der Waals surface area contributed by atoms with Gasteiger partial charge >= 0.3 is 5.97 Å². The number of carboxylic acids is 1. The predicted octanol–water partition coefficient (Wildman–Crippen LogP) is 1.88. The minimum atomic E-state index is -1.18. The Balaban J connectivity index is 2.09. The van der Waals surface area contributed by atoms with Gasteiger partial charge in [0.15, 0.2) is 0 Å². The van der Waals surface area contributed by atoms with Gasteiger partial charge in [-0.05, 0) is 18.2 Å². The average molecular weight is 366 g/mol. The number of phenolic OH excluding ortho intramolecular Hbond substituents is 1. The molecule has 0 saturated carbocycles. The highest BCUT2D eigenvalue weighted by atomic mass is 16.4. The third-order valence-corrected chi connectivity index (χ3v) is 3.98. The number of benzene rings is 2. The van der Waals surface area contributed by atoms with E-state index in [1.165, 1.54) is 12.3 Å². The van der Waals surface area contributed by atoms with E-state index < -0.39 is 18.4 Å². The monoisotopic (exact) mass is 366 g/mol. The zero-order valence-electron chi connectivity index (χ0n) is 14.8. The Morgan fingerprint density at radius 2 is 1.89 bits per heavy atom. The van der Waals surface area contributed by atoms with E-state index in [9.17, 15) is 14.7 Å². The van der Waals surface area contributed by atoms with Crippen LogP contribution in [0.25, 0.3) is 22.3 Å². The Bertz CT molecular complexity index is 1030. The lowest BCUT2D eigenvalue weighted by molar-refractivity contribution is -0.135. The van der Waals surface area contributed by atoms with Gasteiger partial charge in [0.25, 0.3) is 5.91 Å². The number of hydrogen-bond acceptors (Lipinski definition) is 6. The molecule has 0 unspecified atom stereocenters. The molecule has 2 aromatic carbocycles. The lowest BCUT2D eigenvalue weighted by Gasteiger charge is -2.17. The van der Waals surface area contributed by atoms with Gasteiger partial charge in [-0.15, -0.1) is 0 Å². The molecule has 8 nitrogen and oxygen atoms in total. The molecule has 0 atom stereocenters. The molecule has 0 bridgehead atoms. The minimum Gasteiger partial charge on any atom is -0.507 e. The maximum Gasteiger partial charge on any atom is 0.322 e. The lowest BCUT2D eigenvalue weighted by Crippen LogP contribution is -2.29. The smallest absolute Gasteiger partial charge is 0.322 e. The third-order valence-electron chi connectivity index (χ3n) is 3.98. The second kappa shape index (κ2) is 7.28. The van der Waals surface area contributed by atoms with Crippen LogP contribution in [0.3, 0.4) is 0 Å². The average Bonchev–Trinajstić information content (AvgIpc) is 2.65. The van der Waals surface area contributed by atoms with E-state index in [0.29, 0.717) is 11.2 Å². The van der Waals surface area contributed by atoms with Gasteiger partial charge in [-0.3, -0.25) is 14.6 Å². The van der Waals surface area contributed by atoms with Crippen LogP contribution >= 0.6 is 0 Å². The molecular weight excluding hydrogens is 348 g/mol. The molecule has 0 saturated heterocycles. The first-order valence-corrected chi connectivity index (χ1v) is 8.14. The second-order valence-electron chi connectivity index (χ2n) is 6.07. The summed E-state index contributed by atoms with van der Waals surface area (Å²) < 4.78 is 0. The van der Waals surface area contributed by atoms with E-state index in [4.69, 9.17) is 5.11 Å². The SMILES string of the molecule is CN(C)c1ccccc1-c1cnc2c(C(=O)NCC(=O)O)c(O)ccc2n1. The van der Waals surface area contributed by atoms with Crippen LogP contribution in [0.1, 0.15) is 10.4 Å². The van der Waals surface area contributed by atoms with Crippen molar-refractivity contribution in [1.29, 1.82) is 0 Å². The maximum absolute atomic E-state index is 12.3. The first kappa shape index (κ1) is 18.1. The van der Waals surface area contributed by atoms with Crippen LogP contribution in [0.15, 0.2) is 42.6 Å². The van der Waals surface area contributed by atoms with Crippen LogP contribution in [0.4, 0.5) is 5.69 Å². The van der Waals surface area contributed by atoms with Gasteiger partial charge < -0.3 is 20.4 Å². The number of amides is 1. The molecule has 1 heterocycles. The van der Waals surface area contributed by atoms with Crippen LogP contribution in [0.2, 0.25) is 0 Å². The fraction of sp³-hybridized carbons (Fsp3) is 0.158. The summed E-state index contributed by atoms with van der Waals surface area (Å²) in [5, 5.41) is 21.0. The van der Waals surface area contributed by atoms with E-state index >= 15 is 0 Å². The summed E-state index contributed by atoms with van der Waals surface area (Å²) >= 11 is 0. The quantitative estimate of drug-likeness (QED) is 0.631. The molecule has 3 N–H and O–H groups in total. The van der Waals surface area contributed by atoms with E-state index in [1.54, 1.807) is 6.07 Å². The fourth-order valence-corrected chi connectivity index (χ4v) is 2.75. The van der Waals surface area contributed by atoms with Crippen LogP contribution in [0, 0.1) is 0 Å². The van der Waals surface area contributed by atoms with Gasteiger partial charge in [-0.2, -0.15) is 0 Å². The number of fused-ring (bicyclic) bond motifs is 1. The van der Waals surface area contributed by atoms with Crippen LogP contribution in [-0.2, 0) is 4.79 Å². The zero-order valence-corrected chi connectivity index (χ0v) is 14.8. The van der Waals surface area contributed by atoms with Crippen molar-refractivity contribution in [2.24, 2.45) is 0 Å². The Labute approximate surface area is 155 Å². The first-order valence-electron chi connectivity index (χ1n) is 8.14. The predicted molar refractivity (Wildman–Crippen MR) is 101 cm³/mol. The van der Waals surface area contributed by atoms with Gasteiger partial charge in [-0.1, -0.05) is 18.2 Å². The van der Waals surface area contributed by atoms with Crippen molar-refractivity contribution in [3.8, 4) is 17.0 Å². The molecule has 138 valence electrons. The molecule has 1 amide bonds. The number of nitrogens with zero attached hydrogens (tertiary/aromatic N) is 3. The zero-order chi connectivity index (χ0) is 19.6. The number of carbonyl (C=O) groups is 2. The molecule has 0 radical (unpaired) electrons. The number of aromatic nitrogens is 2. The van der Waals surface area contributed by atoms with Gasteiger partial charge in [0.2, 0.25) is 0 Å². The summed E-state index contributed by atoms with van der Waals surface area (Å²) in [6, 6.07) is 10.6. The van der Waals surface area contributed by atoms with E-state index in [0.717, 1.165) is 11.3 Å². The number of hydrogen-bond donors (Lipinski definition) is 3. The van der Waals surface area contributed by atoms with E-state index in [2.05, 4.69) is 15.3 Å². The summed E-state index contributed by atoms with van der Waals surface area (Å²) in [6.45, 7) is -0.559. The Kier molecular flexibility index (Phi) is 4.89. The molecule has 27 heavy (non-hydrogen) atoms. The van der Waals surface area contributed by atoms with Gasteiger partial charge in [0.05, 0.1) is 17.4 Å². The number of anilines is 1. The lowest BCUT2D eigenvalue weighted by atomic mass is 10.1. The number of phenols is 1. The highest BCUT2D eigenvalue weighted by Crippen LogP contribution is 2.31. The Hall–Kier alpha value is -3.68. The van der Waals surface area contributed by atoms with E-state index in [1.807, 2.05) is 43.3 Å². The first-order chi connectivity index (χ1) is 12.9. The van der Waals surface area contributed by atoms with Gasteiger partial charge in [-0.25, -0.2) is 4.98 Å².